The van der Waals surface area contributed by atoms with Gasteiger partial charge in [-0.25, -0.2) is 4.79 Å². The minimum atomic E-state index is -0.374. The number of ether oxygens (including phenoxy) is 2. The van der Waals surface area contributed by atoms with E-state index in [9.17, 15) is 4.79 Å². The molecule has 1 aliphatic carbocycles. The number of rotatable bonds is 5. The SMILES string of the molecule is COc1ccc(C(=O)OCc2nnc(C)n2C2CC2)cc1. The molecule has 1 fully saturated rings. The van der Waals surface area contributed by atoms with E-state index in [0.717, 1.165) is 18.7 Å². The lowest BCUT2D eigenvalue weighted by molar-refractivity contribution is 0.0457. The van der Waals surface area contributed by atoms with E-state index < -0.39 is 0 Å². The monoisotopic (exact) mass is 287 g/mol. The standard InChI is InChI=1S/C15H17N3O3/c1-10-16-17-14(18(10)12-5-6-12)9-21-15(19)11-3-7-13(20-2)8-4-11/h3-4,7-8,12H,5-6,9H2,1-2H3. The fourth-order valence-electron chi connectivity index (χ4n) is 2.26. The van der Waals surface area contributed by atoms with Crippen molar-refractivity contribution in [3.63, 3.8) is 0 Å². The highest BCUT2D eigenvalue weighted by molar-refractivity contribution is 5.89. The number of esters is 1. The summed E-state index contributed by atoms with van der Waals surface area (Å²) in [5, 5.41) is 8.14. The molecule has 0 N–H and O–H groups in total. The number of nitrogens with zero attached hydrogens (tertiary/aromatic N) is 3. The first-order chi connectivity index (χ1) is 10.2. The van der Waals surface area contributed by atoms with Crippen LogP contribution in [0.1, 0.15) is 40.9 Å². The summed E-state index contributed by atoms with van der Waals surface area (Å²) in [7, 11) is 1.58. The Morgan fingerprint density at radius 2 is 2.00 bits per heavy atom. The highest BCUT2D eigenvalue weighted by Crippen LogP contribution is 2.36. The predicted octanol–water partition coefficient (Wildman–Crippen LogP) is 2.29. The van der Waals surface area contributed by atoms with Gasteiger partial charge in [-0.15, -0.1) is 10.2 Å². The van der Waals surface area contributed by atoms with Crippen LogP contribution < -0.4 is 4.74 Å². The molecule has 6 heteroatoms. The number of carbonyl (C=O) groups is 1. The molecule has 1 aromatic heterocycles. The van der Waals surface area contributed by atoms with Crippen LogP contribution in [0.3, 0.4) is 0 Å². The van der Waals surface area contributed by atoms with Crippen molar-refractivity contribution in [2.45, 2.75) is 32.4 Å². The first kappa shape index (κ1) is 13.6. The summed E-state index contributed by atoms with van der Waals surface area (Å²) in [6.07, 6.45) is 2.27. The molecule has 1 heterocycles. The smallest absolute Gasteiger partial charge is 0.338 e. The number of aromatic nitrogens is 3. The fraction of sp³-hybridized carbons (Fsp3) is 0.400. The minimum absolute atomic E-state index is 0.141. The third-order valence-corrected chi connectivity index (χ3v) is 3.51. The van der Waals surface area contributed by atoms with Gasteiger partial charge in [0.15, 0.2) is 12.4 Å². The Labute approximate surface area is 122 Å². The second-order valence-corrected chi connectivity index (χ2v) is 5.07. The normalized spacial score (nSPS) is 14.0. The quantitative estimate of drug-likeness (QED) is 0.789. The summed E-state index contributed by atoms with van der Waals surface area (Å²) in [6, 6.07) is 7.28. The fourth-order valence-corrected chi connectivity index (χ4v) is 2.26. The van der Waals surface area contributed by atoms with Gasteiger partial charge < -0.3 is 14.0 Å². The molecule has 1 saturated carbocycles. The van der Waals surface area contributed by atoms with Crippen molar-refractivity contribution in [2.24, 2.45) is 0 Å². The van der Waals surface area contributed by atoms with Gasteiger partial charge in [-0.05, 0) is 44.0 Å². The molecular formula is C15H17N3O3. The van der Waals surface area contributed by atoms with E-state index in [-0.39, 0.29) is 12.6 Å². The summed E-state index contributed by atoms with van der Waals surface area (Å²) in [5.74, 6) is 1.90. The minimum Gasteiger partial charge on any atom is -0.497 e. The Bertz CT molecular complexity index is 645. The average Bonchev–Trinajstić information content (AvgIpc) is 3.28. The van der Waals surface area contributed by atoms with E-state index in [4.69, 9.17) is 9.47 Å². The van der Waals surface area contributed by atoms with Crippen LogP contribution in [0.2, 0.25) is 0 Å². The molecule has 2 aromatic rings. The van der Waals surface area contributed by atoms with E-state index in [1.165, 1.54) is 0 Å². The van der Waals surface area contributed by atoms with Gasteiger partial charge in [0.2, 0.25) is 0 Å². The van der Waals surface area contributed by atoms with Crippen LogP contribution in [0.5, 0.6) is 5.75 Å². The lowest BCUT2D eigenvalue weighted by Gasteiger charge is -2.08. The number of benzene rings is 1. The Morgan fingerprint density at radius 1 is 1.29 bits per heavy atom. The van der Waals surface area contributed by atoms with Crippen LogP contribution in [0, 0.1) is 6.92 Å². The molecule has 110 valence electrons. The molecule has 0 bridgehead atoms. The molecule has 0 atom stereocenters. The van der Waals surface area contributed by atoms with Crippen LogP contribution in [0.4, 0.5) is 0 Å². The van der Waals surface area contributed by atoms with Gasteiger partial charge in [0.1, 0.15) is 11.6 Å². The summed E-state index contributed by atoms with van der Waals surface area (Å²) >= 11 is 0. The van der Waals surface area contributed by atoms with Crippen molar-refractivity contribution in [1.29, 1.82) is 0 Å². The molecule has 3 rings (SSSR count). The van der Waals surface area contributed by atoms with E-state index in [2.05, 4.69) is 14.8 Å². The van der Waals surface area contributed by atoms with E-state index >= 15 is 0 Å². The molecule has 0 aliphatic heterocycles. The molecule has 0 amide bonds. The topological polar surface area (TPSA) is 66.2 Å². The third-order valence-electron chi connectivity index (χ3n) is 3.51. The predicted molar refractivity (Wildman–Crippen MR) is 75.1 cm³/mol. The molecule has 0 unspecified atom stereocenters. The third kappa shape index (κ3) is 2.89. The van der Waals surface area contributed by atoms with Crippen molar-refractivity contribution in [1.82, 2.24) is 14.8 Å². The lowest BCUT2D eigenvalue weighted by atomic mass is 10.2. The molecule has 6 nitrogen and oxygen atoms in total. The Hall–Kier alpha value is -2.37. The van der Waals surface area contributed by atoms with Crippen molar-refractivity contribution in [3.05, 3.63) is 41.5 Å². The van der Waals surface area contributed by atoms with Crippen LogP contribution in [0.25, 0.3) is 0 Å². The zero-order valence-corrected chi connectivity index (χ0v) is 12.1. The molecular weight excluding hydrogens is 270 g/mol. The molecule has 1 aromatic carbocycles. The maximum Gasteiger partial charge on any atom is 0.338 e. The molecule has 0 radical (unpaired) electrons. The summed E-state index contributed by atoms with van der Waals surface area (Å²) < 4.78 is 12.4. The highest BCUT2D eigenvalue weighted by atomic mass is 16.5. The van der Waals surface area contributed by atoms with Gasteiger partial charge in [-0.1, -0.05) is 0 Å². The number of methoxy groups -OCH3 is 1. The van der Waals surface area contributed by atoms with E-state index in [1.54, 1.807) is 31.4 Å². The van der Waals surface area contributed by atoms with Crippen LogP contribution in [-0.4, -0.2) is 27.8 Å². The number of hydrogen-bond acceptors (Lipinski definition) is 5. The summed E-state index contributed by atoms with van der Waals surface area (Å²) in [6.45, 7) is 2.06. The molecule has 21 heavy (non-hydrogen) atoms. The first-order valence-electron chi connectivity index (χ1n) is 6.90. The number of hydrogen-bond donors (Lipinski definition) is 0. The van der Waals surface area contributed by atoms with Crippen molar-refractivity contribution < 1.29 is 14.3 Å². The first-order valence-corrected chi connectivity index (χ1v) is 6.90. The summed E-state index contributed by atoms with van der Waals surface area (Å²) in [4.78, 5) is 12.0. The van der Waals surface area contributed by atoms with Crippen LogP contribution in [-0.2, 0) is 11.3 Å². The maximum absolute atomic E-state index is 12.0. The van der Waals surface area contributed by atoms with Crippen molar-refractivity contribution in [2.75, 3.05) is 7.11 Å². The average molecular weight is 287 g/mol. The van der Waals surface area contributed by atoms with Crippen LogP contribution in [0.15, 0.2) is 24.3 Å². The molecule has 1 aliphatic rings. The zero-order chi connectivity index (χ0) is 14.8. The van der Waals surface area contributed by atoms with Gasteiger partial charge in [-0.3, -0.25) is 0 Å². The lowest BCUT2D eigenvalue weighted by Crippen LogP contribution is -2.10. The van der Waals surface area contributed by atoms with E-state index in [0.29, 0.717) is 23.2 Å². The van der Waals surface area contributed by atoms with Gasteiger partial charge in [0, 0.05) is 6.04 Å². The highest BCUT2D eigenvalue weighted by Gasteiger charge is 2.28. The number of aryl methyl sites for hydroxylation is 1. The largest absolute Gasteiger partial charge is 0.497 e. The van der Waals surface area contributed by atoms with Gasteiger partial charge in [0.25, 0.3) is 0 Å². The Kier molecular flexibility index (Phi) is 3.60. The number of carbonyl (C=O) groups excluding carboxylic acids is 1. The Balaban J connectivity index is 1.65. The summed E-state index contributed by atoms with van der Waals surface area (Å²) in [5.41, 5.74) is 0.491. The second-order valence-electron chi connectivity index (χ2n) is 5.07. The molecule has 0 spiro atoms. The van der Waals surface area contributed by atoms with Crippen molar-refractivity contribution >= 4 is 5.97 Å². The van der Waals surface area contributed by atoms with Gasteiger partial charge in [0.05, 0.1) is 12.7 Å². The van der Waals surface area contributed by atoms with E-state index in [1.807, 2.05) is 6.92 Å². The maximum atomic E-state index is 12.0. The molecule has 0 saturated heterocycles. The van der Waals surface area contributed by atoms with Crippen molar-refractivity contribution in [3.8, 4) is 5.75 Å². The Morgan fingerprint density at radius 3 is 2.62 bits per heavy atom. The van der Waals surface area contributed by atoms with Gasteiger partial charge >= 0.3 is 5.97 Å². The van der Waals surface area contributed by atoms with Crippen LogP contribution >= 0.6 is 0 Å². The van der Waals surface area contributed by atoms with Gasteiger partial charge in [-0.2, -0.15) is 0 Å². The zero-order valence-electron chi connectivity index (χ0n) is 12.1. The second kappa shape index (κ2) is 5.55.